The minimum Gasteiger partial charge on any atom is -0.306 e. The maximum atomic E-state index is 13.2. The van der Waals surface area contributed by atoms with E-state index < -0.39 is 11.1 Å². The van der Waals surface area contributed by atoms with Gasteiger partial charge in [0, 0.05) is 5.69 Å². The zero-order chi connectivity index (χ0) is 17.3. The lowest BCUT2D eigenvalue weighted by molar-refractivity contribution is 0.563. The Bertz CT molecular complexity index is 889. The van der Waals surface area contributed by atoms with Crippen molar-refractivity contribution in [2.45, 2.75) is 12.7 Å². The predicted octanol–water partition coefficient (Wildman–Crippen LogP) is 5.08. The number of hydrogen-bond acceptors (Lipinski definition) is 1. The highest BCUT2D eigenvalue weighted by atomic mass is 79.9. The van der Waals surface area contributed by atoms with Crippen molar-refractivity contribution in [3.05, 3.63) is 76.1 Å². The topological polar surface area (TPSA) is 42.2 Å². The summed E-state index contributed by atoms with van der Waals surface area (Å²) in [5.41, 5.74) is 4.65. The fourth-order valence-corrected chi connectivity index (χ4v) is 3.57. The molecule has 1 heterocycles. The summed E-state index contributed by atoms with van der Waals surface area (Å²) in [5.74, 6) is -0.163. The molecule has 24 heavy (non-hydrogen) atoms. The van der Waals surface area contributed by atoms with E-state index in [-0.39, 0.29) is 11.6 Å². The van der Waals surface area contributed by atoms with E-state index in [1.807, 2.05) is 41.8 Å². The van der Waals surface area contributed by atoms with Crippen LogP contribution in [0, 0.1) is 12.7 Å². The van der Waals surface area contributed by atoms with Crippen molar-refractivity contribution in [3.63, 3.8) is 0 Å². The van der Waals surface area contributed by atoms with Crippen molar-refractivity contribution >= 4 is 27.0 Å². The van der Waals surface area contributed by atoms with Crippen molar-refractivity contribution in [1.82, 2.24) is 4.57 Å². The second-order valence-electron chi connectivity index (χ2n) is 5.48. The lowest BCUT2D eigenvalue weighted by atomic mass is 10.1. The molecule has 0 saturated carbocycles. The minimum absolute atomic E-state index is 0.113. The fraction of sp³-hybridized carbons (Fsp3) is 0.111. The van der Waals surface area contributed by atoms with Crippen LogP contribution in [0.2, 0.25) is 0 Å². The summed E-state index contributed by atoms with van der Waals surface area (Å²) < 4.78 is 36.0. The Morgan fingerprint density at radius 1 is 1.12 bits per heavy atom. The van der Waals surface area contributed by atoms with E-state index in [1.165, 1.54) is 12.1 Å². The Morgan fingerprint density at radius 2 is 1.75 bits per heavy atom. The molecular weight excluding hydrogens is 393 g/mol. The fourth-order valence-electron chi connectivity index (χ4n) is 2.58. The van der Waals surface area contributed by atoms with Gasteiger partial charge in [-0.25, -0.2) is 8.60 Å². The normalized spacial score (nSPS) is 12.3. The second kappa shape index (κ2) is 7.01. The van der Waals surface area contributed by atoms with E-state index in [0.29, 0.717) is 0 Å². The van der Waals surface area contributed by atoms with E-state index in [2.05, 4.69) is 15.9 Å². The molecule has 0 amide bonds. The molecule has 1 N–H and O–H groups in total. The van der Waals surface area contributed by atoms with Crippen LogP contribution in [0.25, 0.3) is 16.9 Å². The molecule has 0 fully saturated rings. The molecule has 6 heteroatoms. The maximum absolute atomic E-state index is 13.2. The zero-order valence-electron chi connectivity index (χ0n) is 12.9. The molecule has 124 valence electrons. The summed E-state index contributed by atoms with van der Waals surface area (Å²) in [6.07, 6.45) is 0. The molecular formula is C18H15BrFNO2S. The molecule has 1 unspecified atom stereocenters. The average Bonchev–Trinajstić information content (AvgIpc) is 2.84. The second-order valence-corrected chi connectivity index (χ2v) is 7.16. The molecule has 0 aliphatic rings. The third-order valence-electron chi connectivity index (χ3n) is 3.74. The maximum Gasteiger partial charge on any atom is 0.157 e. The van der Waals surface area contributed by atoms with Gasteiger partial charge in [-0.05, 0) is 69.9 Å². The van der Waals surface area contributed by atoms with Crippen LogP contribution >= 0.6 is 15.9 Å². The molecule has 0 aliphatic heterocycles. The smallest absolute Gasteiger partial charge is 0.157 e. The quantitative estimate of drug-likeness (QED) is 0.612. The number of hydrogen-bond donors (Lipinski definition) is 1. The first-order chi connectivity index (χ1) is 11.5. The van der Waals surface area contributed by atoms with Gasteiger partial charge in [0.15, 0.2) is 11.1 Å². The molecule has 3 nitrogen and oxygen atoms in total. The van der Waals surface area contributed by atoms with Crippen molar-refractivity contribution in [2.75, 3.05) is 0 Å². The van der Waals surface area contributed by atoms with Gasteiger partial charge >= 0.3 is 0 Å². The molecule has 0 spiro atoms. The lowest BCUT2D eigenvalue weighted by Crippen LogP contribution is -1.98. The van der Waals surface area contributed by atoms with Crippen molar-refractivity contribution in [3.8, 4) is 16.9 Å². The van der Waals surface area contributed by atoms with E-state index in [0.717, 1.165) is 32.7 Å². The van der Waals surface area contributed by atoms with Crippen LogP contribution in [0.5, 0.6) is 0 Å². The zero-order valence-corrected chi connectivity index (χ0v) is 15.3. The van der Waals surface area contributed by atoms with Crippen molar-refractivity contribution < 1.29 is 13.2 Å². The van der Waals surface area contributed by atoms with Gasteiger partial charge in [0.05, 0.1) is 16.0 Å². The van der Waals surface area contributed by atoms with Gasteiger partial charge in [0.1, 0.15) is 5.82 Å². The molecule has 1 aromatic heterocycles. The number of rotatable bonds is 4. The first-order valence-corrected chi connectivity index (χ1v) is 9.33. The summed E-state index contributed by atoms with van der Waals surface area (Å²) in [5, 5.41) is 0. The molecule has 0 saturated heterocycles. The predicted molar refractivity (Wildman–Crippen MR) is 98.1 cm³/mol. The van der Waals surface area contributed by atoms with Gasteiger partial charge in [0.25, 0.3) is 0 Å². The third-order valence-corrected chi connectivity index (χ3v) is 5.30. The molecule has 1 atom stereocenters. The highest BCUT2D eigenvalue weighted by Gasteiger charge is 2.14. The molecule has 3 aromatic rings. The third kappa shape index (κ3) is 3.50. The van der Waals surface area contributed by atoms with Crippen LogP contribution in [-0.4, -0.2) is 13.3 Å². The van der Waals surface area contributed by atoms with Crippen molar-refractivity contribution in [2.24, 2.45) is 0 Å². The molecule has 0 bridgehead atoms. The standard InChI is InChI=1S/C18H15BrFNO2S/c1-12-10-17(14-4-2-13(3-5-14)11-24(22)23)21(18(12)19)16-8-6-15(20)7-9-16/h2-10H,11H2,1H3,(H,22,23). The Labute approximate surface area is 150 Å². The number of benzene rings is 2. The Hall–Kier alpha value is -1.76. The molecule has 2 aromatic carbocycles. The highest BCUT2D eigenvalue weighted by molar-refractivity contribution is 9.10. The van der Waals surface area contributed by atoms with Crippen LogP contribution in [0.15, 0.2) is 59.2 Å². The van der Waals surface area contributed by atoms with Crippen LogP contribution in [0.3, 0.4) is 0 Å². The van der Waals surface area contributed by atoms with Gasteiger partial charge in [0.2, 0.25) is 0 Å². The lowest BCUT2D eigenvalue weighted by Gasteiger charge is -2.12. The Kier molecular flexibility index (Phi) is 4.99. The number of nitrogens with zero attached hydrogens (tertiary/aromatic N) is 1. The number of aromatic nitrogens is 1. The first kappa shape index (κ1) is 17.1. The summed E-state index contributed by atoms with van der Waals surface area (Å²) in [7, 11) is 0. The largest absolute Gasteiger partial charge is 0.306 e. The van der Waals surface area contributed by atoms with Crippen LogP contribution in [-0.2, 0) is 16.8 Å². The van der Waals surface area contributed by atoms with E-state index in [4.69, 9.17) is 4.55 Å². The first-order valence-electron chi connectivity index (χ1n) is 7.26. The van der Waals surface area contributed by atoms with Crippen LogP contribution in [0.4, 0.5) is 4.39 Å². The van der Waals surface area contributed by atoms with Crippen LogP contribution < -0.4 is 0 Å². The van der Waals surface area contributed by atoms with E-state index in [1.54, 1.807) is 12.1 Å². The monoisotopic (exact) mass is 407 g/mol. The summed E-state index contributed by atoms with van der Waals surface area (Å²) in [6, 6.07) is 15.9. The SMILES string of the molecule is Cc1cc(-c2ccc(CS(=O)O)cc2)n(-c2ccc(F)cc2)c1Br. The number of aryl methyl sites for hydroxylation is 1. The summed E-state index contributed by atoms with van der Waals surface area (Å²) in [4.78, 5) is 0. The number of halogens is 2. The minimum atomic E-state index is -1.85. The molecule has 0 radical (unpaired) electrons. The van der Waals surface area contributed by atoms with Gasteiger partial charge in [-0.1, -0.05) is 24.3 Å². The molecule has 0 aliphatic carbocycles. The van der Waals surface area contributed by atoms with Gasteiger partial charge < -0.3 is 9.12 Å². The van der Waals surface area contributed by atoms with Gasteiger partial charge in [-0.15, -0.1) is 0 Å². The highest BCUT2D eigenvalue weighted by Crippen LogP contribution is 2.32. The van der Waals surface area contributed by atoms with E-state index >= 15 is 0 Å². The molecule has 3 rings (SSSR count). The van der Waals surface area contributed by atoms with Crippen LogP contribution in [0.1, 0.15) is 11.1 Å². The van der Waals surface area contributed by atoms with Crippen molar-refractivity contribution in [1.29, 1.82) is 0 Å². The summed E-state index contributed by atoms with van der Waals surface area (Å²) in [6.45, 7) is 2.00. The summed E-state index contributed by atoms with van der Waals surface area (Å²) >= 11 is 1.74. The Balaban J connectivity index is 2.06. The van der Waals surface area contributed by atoms with Gasteiger partial charge in [-0.2, -0.15) is 0 Å². The Morgan fingerprint density at radius 3 is 2.33 bits per heavy atom. The van der Waals surface area contributed by atoms with Gasteiger partial charge in [-0.3, -0.25) is 0 Å². The average molecular weight is 408 g/mol. The van der Waals surface area contributed by atoms with E-state index in [9.17, 15) is 8.60 Å².